The zero-order valence-corrected chi connectivity index (χ0v) is 14.8. The van der Waals surface area contributed by atoms with Gasteiger partial charge in [-0.15, -0.1) is 0 Å². The standard InChI is InChI=1S/C21H22OS/c1-13-4-6-14(7-5-13)19-17-12-23-11-16(17)8-15-9-21(2,3)10-18(22)20(15)19/h4-8H,9-12H2,1-3H3. The molecule has 0 radical (unpaired) electrons. The number of hydrogen-bond acceptors (Lipinski definition) is 2. The maximum absolute atomic E-state index is 13.0. The summed E-state index contributed by atoms with van der Waals surface area (Å²) in [4.78, 5) is 13.0. The van der Waals surface area contributed by atoms with Gasteiger partial charge in [0.2, 0.25) is 0 Å². The fourth-order valence-corrected chi connectivity index (χ4v) is 5.11. The van der Waals surface area contributed by atoms with E-state index in [0.717, 1.165) is 23.5 Å². The van der Waals surface area contributed by atoms with Crippen molar-refractivity contribution in [2.45, 2.75) is 45.1 Å². The summed E-state index contributed by atoms with van der Waals surface area (Å²) in [6.07, 6.45) is 1.66. The predicted molar refractivity (Wildman–Crippen MR) is 98.0 cm³/mol. The van der Waals surface area contributed by atoms with Gasteiger partial charge in [0.05, 0.1) is 0 Å². The first-order valence-electron chi connectivity index (χ1n) is 8.30. The molecule has 1 heterocycles. The monoisotopic (exact) mass is 322 g/mol. The topological polar surface area (TPSA) is 17.1 Å². The molecule has 2 aliphatic rings. The van der Waals surface area contributed by atoms with Crippen molar-refractivity contribution in [3.05, 3.63) is 58.1 Å². The molecule has 0 spiro atoms. The Bertz CT molecular complexity index is 800. The van der Waals surface area contributed by atoms with E-state index in [4.69, 9.17) is 0 Å². The number of carbonyl (C=O) groups is 1. The van der Waals surface area contributed by atoms with Crippen LogP contribution in [0.4, 0.5) is 0 Å². The Kier molecular flexibility index (Phi) is 3.42. The maximum atomic E-state index is 13.0. The molecule has 2 heteroatoms. The summed E-state index contributed by atoms with van der Waals surface area (Å²) >= 11 is 1.96. The number of rotatable bonds is 1. The first kappa shape index (κ1) is 15.0. The Morgan fingerprint density at radius 1 is 0.957 bits per heavy atom. The summed E-state index contributed by atoms with van der Waals surface area (Å²) in [5.74, 6) is 2.44. The average molecular weight is 322 g/mol. The lowest BCUT2D eigenvalue weighted by atomic mass is 9.71. The lowest BCUT2D eigenvalue weighted by Gasteiger charge is -2.32. The second-order valence-corrected chi connectivity index (χ2v) is 8.71. The van der Waals surface area contributed by atoms with E-state index in [9.17, 15) is 4.79 Å². The third kappa shape index (κ3) is 2.53. The van der Waals surface area contributed by atoms with Gasteiger partial charge in [0, 0.05) is 23.5 Å². The summed E-state index contributed by atoms with van der Waals surface area (Å²) in [5.41, 5.74) is 8.88. The van der Waals surface area contributed by atoms with Crippen LogP contribution in [-0.4, -0.2) is 5.78 Å². The normalized spacial score (nSPS) is 18.7. The van der Waals surface area contributed by atoms with E-state index < -0.39 is 0 Å². The molecule has 0 fully saturated rings. The van der Waals surface area contributed by atoms with Gasteiger partial charge in [0.15, 0.2) is 5.78 Å². The zero-order chi connectivity index (χ0) is 16.2. The lowest BCUT2D eigenvalue weighted by molar-refractivity contribution is 0.0913. The number of ketones is 1. The molecule has 2 aromatic carbocycles. The van der Waals surface area contributed by atoms with E-state index in [2.05, 4.69) is 51.1 Å². The fourth-order valence-electron chi connectivity index (χ4n) is 4.00. The highest BCUT2D eigenvalue weighted by Crippen LogP contribution is 2.45. The number of carbonyl (C=O) groups excluding carboxylic acids is 1. The second-order valence-electron chi connectivity index (χ2n) is 7.72. The van der Waals surface area contributed by atoms with E-state index in [1.54, 1.807) is 0 Å². The molecular formula is C21H22OS. The Morgan fingerprint density at radius 2 is 1.70 bits per heavy atom. The molecule has 1 aliphatic carbocycles. The molecule has 0 bridgehead atoms. The van der Waals surface area contributed by atoms with Crippen LogP contribution in [0.5, 0.6) is 0 Å². The van der Waals surface area contributed by atoms with Crippen LogP contribution >= 0.6 is 11.8 Å². The molecule has 0 saturated heterocycles. The minimum Gasteiger partial charge on any atom is -0.294 e. The summed E-state index contributed by atoms with van der Waals surface area (Å²) in [7, 11) is 0. The van der Waals surface area contributed by atoms with E-state index >= 15 is 0 Å². The van der Waals surface area contributed by atoms with Crippen molar-refractivity contribution in [2.75, 3.05) is 0 Å². The van der Waals surface area contributed by atoms with Gasteiger partial charge in [0.1, 0.15) is 0 Å². The maximum Gasteiger partial charge on any atom is 0.164 e. The van der Waals surface area contributed by atoms with Crippen molar-refractivity contribution < 1.29 is 4.79 Å². The smallest absolute Gasteiger partial charge is 0.164 e. The van der Waals surface area contributed by atoms with Crippen LogP contribution in [0, 0.1) is 12.3 Å². The van der Waals surface area contributed by atoms with Gasteiger partial charge in [-0.2, -0.15) is 11.8 Å². The molecule has 0 unspecified atom stereocenters. The van der Waals surface area contributed by atoms with Crippen LogP contribution in [0.25, 0.3) is 11.1 Å². The highest BCUT2D eigenvalue weighted by molar-refractivity contribution is 7.98. The van der Waals surface area contributed by atoms with Crippen molar-refractivity contribution in [1.82, 2.24) is 0 Å². The van der Waals surface area contributed by atoms with Crippen molar-refractivity contribution in [3.8, 4) is 11.1 Å². The summed E-state index contributed by atoms with van der Waals surface area (Å²) in [6.45, 7) is 6.53. The number of thioether (sulfide) groups is 1. The van der Waals surface area contributed by atoms with Gasteiger partial charge in [-0.25, -0.2) is 0 Å². The lowest BCUT2D eigenvalue weighted by Crippen LogP contribution is -2.28. The zero-order valence-electron chi connectivity index (χ0n) is 14.0. The van der Waals surface area contributed by atoms with Crippen LogP contribution in [0.1, 0.15) is 52.9 Å². The highest BCUT2D eigenvalue weighted by atomic mass is 32.2. The molecule has 0 aromatic heterocycles. The quantitative estimate of drug-likeness (QED) is 0.683. The Hall–Kier alpha value is -1.54. The SMILES string of the molecule is Cc1ccc(-c2c3c(cc4c2C(=O)CC(C)(C)C4)CSC3)cc1. The van der Waals surface area contributed by atoms with Gasteiger partial charge in [-0.05, 0) is 46.6 Å². The Balaban J connectivity index is 2.00. The predicted octanol–water partition coefficient (Wildman–Crippen LogP) is 5.56. The Morgan fingerprint density at radius 3 is 2.43 bits per heavy atom. The largest absolute Gasteiger partial charge is 0.294 e. The van der Waals surface area contributed by atoms with Gasteiger partial charge >= 0.3 is 0 Å². The van der Waals surface area contributed by atoms with Crippen LogP contribution in [0.2, 0.25) is 0 Å². The average Bonchev–Trinajstić information content (AvgIpc) is 2.92. The number of fused-ring (bicyclic) bond motifs is 2. The summed E-state index contributed by atoms with van der Waals surface area (Å²) < 4.78 is 0. The molecule has 0 amide bonds. The summed E-state index contributed by atoms with van der Waals surface area (Å²) in [5, 5.41) is 0. The van der Waals surface area contributed by atoms with Crippen molar-refractivity contribution in [2.24, 2.45) is 5.41 Å². The molecule has 0 saturated carbocycles. The fraction of sp³-hybridized carbons (Fsp3) is 0.381. The van der Waals surface area contributed by atoms with Crippen molar-refractivity contribution >= 4 is 17.5 Å². The molecule has 2 aromatic rings. The van der Waals surface area contributed by atoms with Gasteiger partial charge in [-0.1, -0.05) is 49.7 Å². The third-order valence-electron chi connectivity index (χ3n) is 5.04. The third-order valence-corrected chi connectivity index (χ3v) is 6.05. The van der Waals surface area contributed by atoms with Crippen molar-refractivity contribution in [1.29, 1.82) is 0 Å². The molecule has 0 N–H and O–H groups in total. The van der Waals surface area contributed by atoms with Gasteiger partial charge in [-0.3, -0.25) is 4.79 Å². The van der Waals surface area contributed by atoms with Crippen LogP contribution in [0.15, 0.2) is 30.3 Å². The van der Waals surface area contributed by atoms with Gasteiger partial charge < -0.3 is 0 Å². The molecule has 23 heavy (non-hydrogen) atoms. The number of Topliss-reactive ketones (excluding diaryl/α,β-unsaturated/α-hetero) is 1. The molecule has 1 nitrogen and oxygen atoms in total. The van der Waals surface area contributed by atoms with Crippen LogP contribution in [-0.2, 0) is 17.9 Å². The number of benzene rings is 2. The van der Waals surface area contributed by atoms with Crippen LogP contribution in [0.3, 0.4) is 0 Å². The molecule has 4 rings (SSSR count). The summed E-state index contributed by atoms with van der Waals surface area (Å²) in [6, 6.07) is 11.0. The molecular weight excluding hydrogens is 300 g/mol. The highest BCUT2D eigenvalue weighted by Gasteiger charge is 2.35. The van der Waals surface area contributed by atoms with E-state index in [0.29, 0.717) is 12.2 Å². The molecule has 1 aliphatic heterocycles. The molecule has 0 atom stereocenters. The first-order chi connectivity index (χ1) is 10.9. The number of aryl methyl sites for hydroxylation is 1. The van der Waals surface area contributed by atoms with E-state index in [1.165, 1.54) is 33.4 Å². The van der Waals surface area contributed by atoms with Gasteiger partial charge in [0.25, 0.3) is 0 Å². The minimum absolute atomic E-state index is 0.0780. The van der Waals surface area contributed by atoms with E-state index in [1.807, 2.05) is 11.8 Å². The Labute approximate surface area is 142 Å². The minimum atomic E-state index is 0.0780. The molecule has 118 valence electrons. The van der Waals surface area contributed by atoms with Crippen LogP contribution < -0.4 is 0 Å². The second kappa shape index (κ2) is 5.24. The first-order valence-corrected chi connectivity index (χ1v) is 9.46. The van der Waals surface area contributed by atoms with E-state index in [-0.39, 0.29) is 5.41 Å². The van der Waals surface area contributed by atoms with Crippen molar-refractivity contribution in [3.63, 3.8) is 0 Å². The number of hydrogen-bond donors (Lipinski definition) is 0.